The molecule has 1 N–H and O–H groups in total. The molecule has 0 unspecified atom stereocenters. The summed E-state index contributed by atoms with van der Waals surface area (Å²) in [6, 6.07) is 6.64. The van der Waals surface area contributed by atoms with E-state index >= 15 is 0 Å². The molecule has 0 atom stereocenters. The first kappa shape index (κ1) is 10.2. The van der Waals surface area contributed by atoms with Crippen molar-refractivity contribution in [2.75, 3.05) is 0 Å². The predicted molar refractivity (Wildman–Crippen MR) is 65.5 cm³/mol. The molecule has 2 rings (SSSR count). The number of rotatable bonds is 2. The van der Waals surface area contributed by atoms with Gasteiger partial charge in [0.1, 0.15) is 0 Å². The summed E-state index contributed by atoms with van der Waals surface area (Å²) in [5, 5.41) is 7.34. The van der Waals surface area contributed by atoms with Crippen LogP contribution in [0.4, 0.5) is 0 Å². The Hall–Kier alpha value is -1.37. The minimum atomic E-state index is 1.02. The minimum absolute atomic E-state index is 1.02. The van der Waals surface area contributed by atoms with E-state index in [1.165, 1.54) is 48.6 Å². The maximum absolute atomic E-state index is 7.34. The zero-order valence-corrected chi connectivity index (χ0v) is 9.22. The van der Waals surface area contributed by atoms with Gasteiger partial charge in [-0.15, -0.1) is 0 Å². The van der Waals surface area contributed by atoms with Crippen molar-refractivity contribution in [1.82, 2.24) is 0 Å². The third-order valence-corrected chi connectivity index (χ3v) is 3.15. The molecule has 0 saturated heterocycles. The lowest BCUT2D eigenvalue weighted by Crippen LogP contribution is -2.03. The number of aryl methyl sites for hydroxylation is 2. The van der Waals surface area contributed by atoms with Crippen molar-refractivity contribution >= 4 is 11.8 Å². The zero-order valence-electron chi connectivity index (χ0n) is 9.22. The molecule has 0 radical (unpaired) electrons. The Kier molecular flexibility index (Phi) is 3.00. The van der Waals surface area contributed by atoms with E-state index in [4.69, 9.17) is 5.41 Å². The Morgan fingerprint density at radius 1 is 1.20 bits per heavy atom. The van der Waals surface area contributed by atoms with Gasteiger partial charge in [0, 0.05) is 6.21 Å². The van der Waals surface area contributed by atoms with E-state index in [-0.39, 0.29) is 0 Å². The van der Waals surface area contributed by atoms with Crippen molar-refractivity contribution in [1.29, 1.82) is 5.41 Å². The lowest BCUT2D eigenvalue weighted by atomic mass is 9.89. The van der Waals surface area contributed by atoms with Crippen LogP contribution in [0.1, 0.15) is 36.5 Å². The predicted octanol–water partition coefficient (Wildman–Crippen LogP) is 3.62. The Bertz CT molecular complexity index is 402. The van der Waals surface area contributed by atoms with Gasteiger partial charge in [-0.3, -0.25) is 0 Å². The first-order valence-corrected chi connectivity index (χ1v) is 5.64. The van der Waals surface area contributed by atoms with Crippen LogP contribution >= 0.6 is 0 Å². The molecule has 0 spiro atoms. The molecule has 0 fully saturated rings. The Morgan fingerprint density at radius 2 is 1.93 bits per heavy atom. The monoisotopic (exact) mass is 199 g/mol. The van der Waals surface area contributed by atoms with E-state index in [0.717, 1.165) is 5.57 Å². The van der Waals surface area contributed by atoms with Crippen molar-refractivity contribution in [2.45, 2.75) is 32.6 Å². The van der Waals surface area contributed by atoms with Crippen molar-refractivity contribution in [2.24, 2.45) is 0 Å². The van der Waals surface area contributed by atoms with Crippen LogP contribution in [0, 0.1) is 5.41 Å². The highest BCUT2D eigenvalue weighted by Gasteiger charge is 2.09. The van der Waals surface area contributed by atoms with E-state index in [1.807, 2.05) is 13.0 Å². The highest BCUT2D eigenvalue weighted by molar-refractivity contribution is 6.08. The maximum Gasteiger partial charge on any atom is 0.0253 e. The Balaban J connectivity index is 2.39. The number of allylic oxidation sites excluding steroid dienone is 2. The van der Waals surface area contributed by atoms with Crippen molar-refractivity contribution in [3.63, 3.8) is 0 Å². The fraction of sp³-hybridized carbons (Fsp3) is 0.357. The van der Waals surface area contributed by atoms with E-state index in [1.54, 1.807) is 0 Å². The molecule has 1 nitrogen and oxygen atoms in total. The number of nitrogens with one attached hydrogen (secondary N) is 1. The van der Waals surface area contributed by atoms with Crippen molar-refractivity contribution in [3.05, 3.63) is 41.0 Å². The molecule has 0 aromatic heterocycles. The molecule has 0 saturated carbocycles. The second kappa shape index (κ2) is 4.43. The molecule has 1 aliphatic rings. The van der Waals surface area contributed by atoms with Crippen LogP contribution in [-0.4, -0.2) is 6.21 Å². The van der Waals surface area contributed by atoms with E-state index in [0.29, 0.717) is 0 Å². The highest BCUT2D eigenvalue weighted by Crippen LogP contribution is 2.24. The Morgan fingerprint density at radius 3 is 2.60 bits per heavy atom. The molecule has 1 aliphatic carbocycles. The first-order valence-electron chi connectivity index (χ1n) is 5.64. The molecule has 1 heteroatoms. The molecule has 78 valence electrons. The van der Waals surface area contributed by atoms with Crippen LogP contribution in [0.3, 0.4) is 0 Å². The van der Waals surface area contributed by atoms with Gasteiger partial charge in [-0.1, -0.05) is 24.3 Å². The molecule has 1 aromatic rings. The van der Waals surface area contributed by atoms with Gasteiger partial charge >= 0.3 is 0 Å². The maximum atomic E-state index is 7.34. The van der Waals surface area contributed by atoms with Crippen molar-refractivity contribution in [3.8, 4) is 0 Å². The summed E-state index contributed by atoms with van der Waals surface area (Å²) in [4.78, 5) is 0. The summed E-state index contributed by atoms with van der Waals surface area (Å²) in [6.07, 6.45) is 8.51. The lowest BCUT2D eigenvalue weighted by molar-refractivity contribution is 0.685. The van der Waals surface area contributed by atoms with Crippen LogP contribution in [0.2, 0.25) is 0 Å². The molecule has 0 heterocycles. The first-order chi connectivity index (χ1) is 7.35. The number of hydrogen-bond donors (Lipinski definition) is 1. The molecule has 0 aliphatic heterocycles. The van der Waals surface area contributed by atoms with E-state index in [9.17, 15) is 0 Å². The average Bonchev–Trinajstić information content (AvgIpc) is 2.30. The second-order valence-electron chi connectivity index (χ2n) is 4.08. The number of hydrogen-bond acceptors (Lipinski definition) is 1. The fourth-order valence-electron chi connectivity index (χ4n) is 2.25. The van der Waals surface area contributed by atoms with Crippen LogP contribution in [0.25, 0.3) is 5.57 Å². The summed E-state index contributed by atoms with van der Waals surface area (Å²) in [6.45, 7) is 1.99. The summed E-state index contributed by atoms with van der Waals surface area (Å²) >= 11 is 0. The van der Waals surface area contributed by atoms with Gasteiger partial charge in [-0.05, 0) is 54.9 Å². The van der Waals surface area contributed by atoms with E-state index < -0.39 is 0 Å². The average molecular weight is 199 g/mol. The van der Waals surface area contributed by atoms with Crippen LogP contribution < -0.4 is 0 Å². The smallest absolute Gasteiger partial charge is 0.0253 e. The summed E-state index contributed by atoms with van der Waals surface area (Å²) in [7, 11) is 0. The normalized spacial score (nSPS) is 15.9. The van der Waals surface area contributed by atoms with Gasteiger partial charge in [0.2, 0.25) is 0 Å². The fourth-order valence-corrected chi connectivity index (χ4v) is 2.25. The summed E-state index contributed by atoms with van der Waals surface area (Å²) in [5.74, 6) is 0. The summed E-state index contributed by atoms with van der Waals surface area (Å²) in [5.41, 5.74) is 5.20. The summed E-state index contributed by atoms with van der Waals surface area (Å²) < 4.78 is 0. The van der Waals surface area contributed by atoms with Crippen LogP contribution in [0.5, 0.6) is 0 Å². The number of fused-ring (bicyclic) bond motifs is 1. The van der Waals surface area contributed by atoms with Crippen LogP contribution in [0.15, 0.2) is 24.3 Å². The second-order valence-corrected chi connectivity index (χ2v) is 4.08. The van der Waals surface area contributed by atoms with Gasteiger partial charge < -0.3 is 5.41 Å². The highest BCUT2D eigenvalue weighted by atomic mass is 14.3. The molecular weight excluding hydrogens is 182 g/mol. The third-order valence-electron chi connectivity index (χ3n) is 3.15. The van der Waals surface area contributed by atoms with Gasteiger partial charge in [0.05, 0.1) is 0 Å². The topological polar surface area (TPSA) is 23.9 Å². The van der Waals surface area contributed by atoms with E-state index in [2.05, 4.69) is 18.2 Å². The molecule has 1 aromatic carbocycles. The van der Waals surface area contributed by atoms with Crippen molar-refractivity contribution < 1.29 is 0 Å². The molecule has 0 amide bonds. The van der Waals surface area contributed by atoms with Gasteiger partial charge in [-0.25, -0.2) is 0 Å². The van der Waals surface area contributed by atoms with Gasteiger partial charge in [0.15, 0.2) is 0 Å². The SMILES string of the molecule is C/C=C(/C=N)c1ccc2c(c1)CCCC2. The lowest BCUT2D eigenvalue weighted by Gasteiger charge is -2.16. The minimum Gasteiger partial charge on any atom is -0.308 e. The molecule has 15 heavy (non-hydrogen) atoms. The third kappa shape index (κ3) is 2.01. The number of benzene rings is 1. The largest absolute Gasteiger partial charge is 0.308 e. The quantitative estimate of drug-likeness (QED) is 0.703. The van der Waals surface area contributed by atoms with Crippen LogP contribution in [-0.2, 0) is 12.8 Å². The van der Waals surface area contributed by atoms with Gasteiger partial charge in [-0.2, -0.15) is 0 Å². The molecule has 0 bridgehead atoms. The zero-order chi connectivity index (χ0) is 10.7. The standard InChI is InChI=1S/C14H17N/c1-2-11(10-15)14-8-7-12-5-3-4-6-13(12)9-14/h2,7-10,15H,3-6H2,1H3/b11-2-,15-10?. The van der Waals surface area contributed by atoms with Gasteiger partial charge in [0.25, 0.3) is 0 Å². The Labute approximate surface area is 91.3 Å². The molecular formula is C14H17N.